The standard InChI is InChI=1S/C23H23NO7.C19H15NO7.C16H16BrNO6.C7H9BO3/c1-23(2,3)31-17(25)12-24-21(27)18-19(26)16-7-5-6-15(20(16)30-22(18)28)13-8-10-14(29-4)11-9-13;1-26-11-7-5-10(6-8-11)12-3-2-4-13-16(23)15(19(25)27-17(12)13)18(24)20-9-14(21)22;1-16(2,3)24-10(19)7-18-14(21)11-12(20)8-5-4-6-9(17)13(8)23-15(11)22;9-5-6-1-3-7(4-2-6)8(10)11/h5-11,26H,12H2,1-4H3,(H,24,27);2-8,23H,9H2,1H3,(H,20,24)(H,21,22);4-6,20H,7H2,1-3H3,(H,18,21);1-4,9-11H,5H2. The van der Waals surface area contributed by atoms with Crippen LogP contribution in [0.4, 0.5) is 0 Å². The Labute approximate surface area is 536 Å². The van der Waals surface area contributed by atoms with Gasteiger partial charge in [0.05, 0.1) is 41.5 Å². The summed E-state index contributed by atoms with van der Waals surface area (Å²) in [6.45, 7) is 8.52. The maximum Gasteiger partial charge on any atom is 0.488 e. The van der Waals surface area contributed by atoms with Crippen molar-refractivity contribution in [3.8, 4) is 51.0 Å². The highest BCUT2D eigenvalue weighted by Gasteiger charge is 2.27. The van der Waals surface area contributed by atoms with Gasteiger partial charge in [0.15, 0.2) is 22.3 Å². The lowest BCUT2D eigenvalue weighted by molar-refractivity contribution is -0.154. The van der Waals surface area contributed by atoms with E-state index >= 15 is 0 Å². The molecule has 0 aliphatic rings. The van der Waals surface area contributed by atoms with E-state index in [4.69, 9.17) is 52.5 Å². The summed E-state index contributed by atoms with van der Waals surface area (Å²) in [6, 6.07) is 35.0. The number of carbonyl (C=O) groups is 6. The van der Waals surface area contributed by atoms with Gasteiger partial charge in [0.2, 0.25) is 0 Å². The minimum atomic E-state index is -1.43. The first-order chi connectivity index (χ1) is 43.9. The molecule has 0 fully saturated rings. The number of para-hydroxylation sites is 3. The van der Waals surface area contributed by atoms with Crippen LogP contribution in [0.1, 0.15) is 78.2 Å². The number of esters is 2. The molecule has 9 aromatic rings. The fraction of sp³-hybridized carbons (Fsp3) is 0.215. The van der Waals surface area contributed by atoms with Crippen LogP contribution in [0.5, 0.6) is 28.7 Å². The van der Waals surface area contributed by atoms with E-state index in [9.17, 15) is 58.5 Å². The summed E-state index contributed by atoms with van der Waals surface area (Å²) < 4.78 is 36.6. The van der Waals surface area contributed by atoms with E-state index in [1.165, 1.54) is 18.2 Å². The highest BCUT2D eigenvalue weighted by molar-refractivity contribution is 9.10. The van der Waals surface area contributed by atoms with Crippen LogP contribution in [-0.2, 0) is 30.5 Å². The molecule has 3 aromatic heterocycles. The number of hydrogen-bond donors (Lipinski definition) is 10. The molecule has 0 aliphatic carbocycles. The molecule has 26 nitrogen and oxygen atoms in total. The van der Waals surface area contributed by atoms with Gasteiger partial charge in [-0.15, -0.1) is 0 Å². The summed E-state index contributed by atoms with van der Waals surface area (Å²) in [5, 5.41) is 73.0. The van der Waals surface area contributed by atoms with Gasteiger partial charge in [-0.25, -0.2) is 14.4 Å². The second kappa shape index (κ2) is 31.3. The lowest BCUT2D eigenvalue weighted by Gasteiger charge is -2.19. The molecule has 10 N–H and O–H groups in total. The third-order valence-corrected chi connectivity index (χ3v) is 13.3. The van der Waals surface area contributed by atoms with Crippen molar-refractivity contribution >= 4 is 97.0 Å². The molecule has 0 unspecified atom stereocenters. The normalized spacial score (nSPS) is 10.9. The van der Waals surface area contributed by atoms with Gasteiger partial charge in [-0.3, -0.25) is 28.8 Å². The highest BCUT2D eigenvalue weighted by Crippen LogP contribution is 2.37. The number of nitrogens with one attached hydrogen (secondary N) is 3. The van der Waals surface area contributed by atoms with Crippen molar-refractivity contribution in [2.24, 2.45) is 0 Å². The molecule has 486 valence electrons. The van der Waals surface area contributed by atoms with Gasteiger partial charge >= 0.3 is 41.9 Å². The van der Waals surface area contributed by atoms with Gasteiger partial charge in [0, 0.05) is 11.1 Å². The minimum absolute atomic E-state index is 0.0260. The Bertz CT molecular complexity index is 4420. The molecule has 0 spiro atoms. The summed E-state index contributed by atoms with van der Waals surface area (Å²) >= 11 is 3.20. The Morgan fingerprint density at radius 3 is 1.17 bits per heavy atom. The monoisotopic (exact) mass is 1340 g/mol. The maximum absolute atomic E-state index is 12.5. The average molecular weight is 1340 g/mol. The summed E-state index contributed by atoms with van der Waals surface area (Å²) in [5.74, 6) is -5.79. The minimum Gasteiger partial charge on any atom is -0.506 e. The van der Waals surface area contributed by atoms with Gasteiger partial charge < -0.3 is 83.7 Å². The van der Waals surface area contributed by atoms with Crippen LogP contribution in [-0.4, -0.2) is 123 Å². The Kier molecular flexibility index (Phi) is 24.0. The van der Waals surface area contributed by atoms with Crippen LogP contribution in [0, 0.1) is 0 Å². The predicted octanol–water partition coefficient (Wildman–Crippen LogP) is 6.43. The van der Waals surface area contributed by atoms with E-state index in [-0.39, 0.29) is 39.5 Å². The van der Waals surface area contributed by atoms with Crippen LogP contribution < -0.4 is 47.8 Å². The zero-order chi connectivity index (χ0) is 68.6. The molecule has 0 saturated carbocycles. The van der Waals surface area contributed by atoms with E-state index in [2.05, 4.69) is 26.6 Å². The van der Waals surface area contributed by atoms with Gasteiger partial charge in [-0.1, -0.05) is 78.9 Å². The van der Waals surface area contributed by atoms with Crippen molar-refractivity contribution in [2.75, 3.05) is 33.9 Å². The molecule has 0 radical (unpaired) electrons. The number of halogens is 1. The van der Waals surface area contributed by atoms with E-state index in [1.807, 2.05) is 5.32 Å². The Morgan fingerprint density at radius 1 is 0.495 bits per heavy atom. The zero-order valence-corrected chi connectivity index (χ0v) is 52.7. The number of fused-ring (bicyclic) bond motifs is 3. The highest BCUT2D eigenvalue weighted by atomic mass is 79.9. The van der Waals surface area contributed by atoms with Crippen molar-refractivity contribution < 1.29 is 96.5 Å². The Hall–Kier alpha value is -10.8. The number of carbonyl (C=O) groups excluding carboxylic acids is 5. The van der Waals surface area contributed by atoms with Crippen LogP contribution in [0.2, 0.25) is 0 Å². The second-order valence-corrected chi connectivity index (χ2v) is 22.5. The molecular formula is C65H63BBrN3O23. The molecular weight excluding hydrogens is 1280 g/mol. The predicted molar refractivity (Wildman–Crippen MR) is 343 cm³/mol. The molecule has 93 heavy (non-hydrogen) atoms. The number of amides is 3. The topological polar surface area (TPSA) is 408 Å². The fourth-order valence-corrected chi connectivity index (χ4v) is 8.91. The number of aliphatic hydroxyl groups excluding tert-OH is 1. The number of aromatic hydroxyl groups is 3. The third-order valence-electron chi connectivity index (χ3n) is 12.6. The largest absolute Gasteiger partial charge is 0.506 e. The molecule has 3 amide bonds. The van der Waals surface area contributed by atoms with Crippen LogP contribution in [0.15, 0.2) is 160 Å². The number of aliphatic carboxylic acids is 1. The van der Waals surface area contributed by atoms with Crippen molar-refractivity contribution in [3.63, 3.8) is 0 Å². The molecule has 28 heteroatoms. The maximum atomic E-state index is 12.5. The number of carboxylic acid groups (broad SMARTS) is 1. The van der Waals surface area contributed by atoms with Crippen molar-refractivity contribution in [1.82, 2.24) is 16.0 Å². The number of ether oxygens (including phenoxy) is 4. The van der Waals surface area contributed by atoms with Gasteiger partial charge in [-0.2, -0.15) is 0 Å². The number of hydrogen-bond acceptors (Lipinski definition) is 22. The van der Waals surface area contributed by atoms with Crippen LogP contribution in [0.3, 0.4) is 0 Å². The number of methoxy groups -OCH3 is 2. The zero-order valence-electron chi connectivity index (χ0n) is 51.1. The molecule has 0 atom stereocenters. The summed E-state index contributed by atoms with van der Waals surface area (Å²) in [5.41, 5.74) is -2.18. The van der Waals surface area contributed by atoms with Gasteiger partial charge in [0.25, 0.3) is 17.7 Å². The van der Waals surface area contributed by atoms with E-state index in [0.717, 1.165) is 11.1 Å². The van der Waals surface area contributed by atoms with E-state index in [1.54, 1.807) is 165 Å². The first-order valence-electron chi connectivity index (χ1n) is 27.7. The molecule has 0 aliphatic heterocycles. The second-order valence-electron chi connectivity index (χ2n) is 21.7. The van der Waals surface area contributed by atoms with Crippen molar-refractivity contribution in [2.45, 2.75) is 59.4 Å². The van der Waals surface area contributed by atoms with E-state index < -0.39 is 124 Å². The molecule has 9 rings (SSSR count). The number of aliphatic hydroxyl groups is 1. The number of benzene rings is 6. The SMILES string of the molecule is CC(C)(C)OC(=O)CNC(=O)c1c(O)c2cccc(Br)c2oc1=O.COc1ccc(-c2cccc3c(O)c(C(=O)NCC(=O)O)c(=O)oc23)cc1.COc1ccc(-c2cccc3c(O)c(C(=O)NCC(=O)OC(C)(C)C)c(=O)oc23)cc1.OCc1ccc(B(O)O)cc1. The smallest absolute Gasteiger partial charge is 0.488 e. The molecule has 6 aromatic carbocycles. The van der Waals surface area contributed by atoms with Crippen LogP contribution >= 0.6 is 15.9 Å². The summed E-state index contributed by atoms with van der Waals surface area (Å²) in [7, 11) is 1.67. The third kappa shape index (κ3) is 18.9. The first kappa shape index (κ1) is 71.3. The number of rotatable bonds is 15. The Balaban J connectivity index is 0.000000206. The number of carboxylic acids is 1. The van der Waals surface area contributed by atoms with Gasteiger partial charge in [-0.05, 0) is 128 Å². The Morgan fingerprint density at radius 2 is 0.839 bits per heavy atom. The fourth-order valence-electron chi connectivity index (χ4n) is 8.46. The molecule has 3 heterocycles. The first-order valence-corrected chi connectivity index (χ1v) is 28.5. The quantitative estimate of drug-likeness (QED) is 0.0300. The molecule has 0 saturated heterocycles. The van der Waals surface area contributed by atoms with Crippen LogP contribution in [0.25, 0.3) is 55.2 Å². The van der Waals surface area contributed by atoms with Crippen molar-refractivity contribution in [1.29, 1.82) is 0 Å². The summed E-state index contributed by atoms with van der Waals surface area (Å²) in [4.78, 5) is 107. The average Bonchev–Trinajstić information content (AvgIpc) is 0.801. The van der Waals surface area contributed by atoms with Gasteiger partial charge in [0.1, 0.15) is 70.7 Å². The van der Waals surface area contributed by atoms with E-state index in [0.29, 0.717) is 38.1 Å². The molecule has 0 bridgehead atoms. The lowest BCUT2D eigenvalue weighted by Crippen LogP contribution is -2.36. The lowest BCUT2D eigenvalue weighted by atomic mass is 9.80. The summed E-state index contributed by atoms with van der Waals surface area (Å²) in [6.07, 6.45) is 0. The van der Waals surface area contributed by atoms with Crippen molar-refractivity contribution in [3.05, 3.63) is 185 Å².